The lowest BCUT2D eigenvalue weighted by atomic mass is 9.78. The Labute approximate surface area is 333 Å². The van der Waals surface area contributed by atoms with Crippen molar-refractivity contribution in [2.24, 2.45) is 0 Å². The monoisotopic (exact) mass is 786 g/mol. The number of phenols is 1. The molecular formula is C50H33F3O4S. The van der Waals surface area contributed by atoms with Gasteiger partial charge in [0.05, 0.1) is 0 Å². The zero-order chi connectivity index (χ0) is 39.9. The highest BCUT2D eigenvalue weighted by atomic mass is 32.2. The Morgan fingerprint density at radius 3 is 1.36 bits per heavy atom. The molecule has 4 nitrogen and oxygen atoms in total. The molecule has 0 saturated carbocycles. The highest BCUT2D eigenvalue weighted by Gasteiger charge is 2.44. The third kappa shape index (κ3) is 5.66. The SMILES string of the molecule is O=S(=O)(O)C(F)(F)F.Oc1ccc(-c2cc3c(c(-c4cccc5c4Cc4ccccc4-5)c2-c2cccc4c2Cc2ccccc2-4)Cc2ccccc2-3)c2ccccc12. The first-order valence-electron chi connectivity index (χ1n) is 18.9. The Balaban J connectivity index is 0.000000465. The summed E-state index contributed by atoms with van der Waals surface area (Å²) in [6.45, 7) is 0. The Bertz CT molecular complexity index is 3130. The van der Waals surface area contributed by atoms with E-state index in [-0.39, 0.29) is 0 Å². The summed E-state index contributed by atoms with van der Waals surface area (Å²) in [7, 11) is -5.84. The molecule has 0 bridgehead atoms. The number of hydrogen-bond acceptors (Lipinski definition) is 3. The number of aromatic hydroxyl groups is 1. The fourth-order valence-electron chi connectivity index (χ4n) is 9.37. The maximum atomic E-state index is 11.1. The quantitative estimate of drug-likeness (QED) is 0.138. The van der Waals surface area contributed by atoms with Crippen LogP contribution in [0.15, 0.2) is 152 Å². The minimum atomic E-state index is -5.84. The molecule has 0 unspecified atom stereocenters. The molecule has 2 N–H and O–H groups in total. The highest BCUT2D eigenvalue weighted by Crippen LogP contribution is 2.55. The number of phenolic OH excluding ortho intramolecular Hbond substituents is 1. The zero-order valence-electron chi connectivity index (χ0n) is 30.8. The Morgan fingerprint density at radius 1 is 0.414 bits per heavy atom. The van der Waals surface area contributed by atoms with Crippen molar-refractivity contribution < 1.29 is 31.2 Å². The van der Waals surface area contributed by atoms with Gasteiger partial charge in [0.15, 0.2) is 0 Å². The van der Waals surface area contributed by atoms with E-state index in [1.54, 1.807) is 0 Å². The molecule has 58 heavy (non-hydrogen) atoms. The summed E-state index contributed by atoms with van der Waals surface area (Å²) in [6.07, 6.45) is 2.73. The van der Waals surface area contributed by atoms with E-state index < -0.39 is 15.6 Å². The van der Waals surface area contributed by atoms with Gasteiger partial charge in [-0.2, -0.15) is 21.6 Å². The van der Waals surface area contributed by atoms with Crippen LogP contribution in [0.1, 0.15) is 33.4 Å². The first kappa shape index (κ1) is 35.9. The molecular weight excluding hydrogens is 754 g/mol. The lowest BCUT2D eigenvalue weighted by Crippen LogP contribution is -2.21. The van der Waals surface area contributed by atoms with Crippen molar-refractivity contribution in [3.8, 4) is 72.5 Å². The summed E-state index contributed by atoms with van der Waals surface area (Å²) in [6, 6.07) is 55.4. The number of rotatable bonds is 3. The molecule has 3 aliphatic rings. The summed E-state index contributed by atoms with van der Waals surface area (Å²) >= 11 is 0. The van der Waals surface area contributed by atoms with Crippen molar-refractivity contribution in [1.29, 1.82) is 0 Å². The Hall–Kier alpha value is -6.48. The average Bonchev–Trinajstić information content (AvgIpc) is 3.91. The van der Waals surface area contributed by atoms with Gasteiger partial charge in [0.25, 0.3) is 0 Å². The third-order valence-electron chi connectivity index (χ3n) is 11.8. The van der Waals surface area contributed by atoms with Gasteiger partial charge in [-0.3, -0.25) is 4.55 Å². The topological polar surface area (TPSA) is 74.6 Å². The van der Waals surface area contributed by atoms with Crippen molar-refractivity contribution in [2.75, 3.05) is 0 Å². The van der Waals surface area contributed by atoms with Gasteiger partial charge in [-0.15, -0.1) is 0 Å². The molecule has 0 aliphatic heterocycles. The van der Waals surface area contributed by atoms with Crippen LogP contribution in [0.5, 0.6) is 5.75 Å². The van der Waals surface area contributed by atoms with Crippen LogP contribution in [0, 0.1) is 0 Å². The fraction of sp³-hybridized carbons (Fsp3) is 0.0800. The molecule has 8 heteroatoms. The van der Waals surface area contributed by atoms with E-state index in [4.69, 9.17) is 13.0 Å². The van der Waals surface area contributed by atoms with E-state index in [1.807, 2.05) is 18.2 Å². The van der Waals surface area contributed by atoms with E-state index in [0.717, 1.165) is 35.6 Å². The van der Waals surface area contributed by atoms with Crippen LogP contribution in [0.25, 0.3) is 77.5 Å². The van der Waals surface area contributed by atoms with Crippen LogP contribution in [-0.4, -0.2) is 23.6 Å². The Morgan fingerprint density at radius 2 is 0.828 bits per heavy atom. The zero-order valence-corrected chi connectivity index (χ0v) is 31.6. The predicted molar refractivity (Wildman–Crippen MR) is 224 cm³/mol. The van der Waals surface area contributed by atoms with Gasteiger partial charge in [0.1, 0.15) is 5.75 Å². The molecule has 3 aliphatic carbocycles. The molecule has 284 valence electrons. The summed E-state index contributed by atoms with van der Waals surface area (Å²) in [5.41, 5.74) is 18.5. The smallest absolute Gasteiger partial charge is 0.507 e. The van der Waals surface area contributed by atoms with Crippen LogP contribution in [-0.2, 0) is 29.4 Å². The molecule has 0 radical (unpaired) electrons. The van der Waals surface area contributed by atoms with E-state index in [9.17, 15) is 18.3 Å². The third-order valence-corrected chi connectivity index (χ3v) is 12.4. The van der Waals surface area contributed by atoms with Crippen LogP contribution in [0.4, 0.5) is 13.2 Å². The number of benzene rings is 8. The molecule has 0 atom stereocenters. The van der Waals surface area contributed by atoms with Gasteiger partial charge in [0.2, 0.25) is 0 Å². The number of alkyl halides is 3. The van der Waals surface area contributed by atoms with E-state index in [0.29, 0.717) is 5.75 Å². The van der Waals surface area contributed by atoms with Crippen molar-refractivity contribution in [1.82, 2.24) is 0 Å². The summed E-state index contributed by atoms with van der Waals surface area (Å²) in [5.74, 6) is 0.312. The van der Waals surface area contributed by atoms with Crippen molar-refractivity contribution in [3.63, 3.8) is 0 Å². The number of halogens is 3. The maximum Gasteiger partial charge on any atom is 0.522 e. The second-order valence-corrected chi connectivity index (χ2v) is 16.4. The summed E-state index contributed by atoms with van der Waals surface area (Å²) < 4.78 is 57.5. The molecule has 8 aromatic rings. The fourth-order valence-corrected chi connectivity index (χ4v) is 9.37. The predicted octanol–water partition coefficient (Wildman–Crippen LogP) is 12.7. The van der Waals surface area contributed by atoms with Crippen molar-refractivity contribution in [3.05, 3.63) is 185 Å². The first-order valence-corrected chi connectivity index (χ1v) is 20.4. The Kier molecular flexibility index (Phi) is 8.23. The van der Waals surface area contributed by atoms with Crippen LogP contribution >= 0.6 is 0 Å². The molecule has 0 saturated heterocycles. The molecule has 0 aromatic heterocycles. The normalized spacial score (nSPS) is 13.2. The van der Waals surface area contributed by atoms with Crippen molar-refractivity contribution in [2.45, 2.75) is 24.8 Å². The molecule has 0 spiro atoms. The van der Waals surface area contributed by atoms with E-state index >= 15 is 0 Å². The number of fused-ring (bicyclic) bond motifs is 10. The minimum Gasteiger partial charge on any atom is -0.507 e. The lowest BCUT2D eigenvalue weighted by Gasteiger charge is -2.25. The number of hydrogen-bond donors (Lipinski definition) is 2. The van der Waals surface area contributed by atoms with Gasteiger partial charge in [0, 0.05) is 5.39 Å². The summed E-state index contributed by atoms with van der Waals surface area (Å²) in [5, 5.41) is 13.0. The maximum absolute atomic E-state index is 11.1. The van der Waals surface area contributed by atoms with Gasteiger partial charge in [-0.25, -0.2) is 0 Å². The highest BCUT2D eigenvalue weighted by molar-refractivity contribution is 7.86. The van der Waals surface area contributed by atoms with E-state index in [1.165, 1.54) is 94.6 Å². The van der Waals surface area contributed by atoms with Crippen LogP contribution in [0.3, 0.4) is 0 Å². The van der Waals surface area contributed by atoms with Gasteiger partial charge in [-0.05, 0) is 137 Å². The van der Waals surface area contributed by atoms with Gasteiger partial charge >= 0.3 is 15.6 Å². The minimum absolute atomic E-state index is 0.312. The average molecular weight is 787 g/mol. The van der Waals surface area contributed by atoms with E-state index in [2.05, 4.69) is 133 Å². The second kappa shape index (κ2) is 13.3. The lowest BCUT2D eigenvalue weighted by molar-refractivity contribution is -0.0510. The van der Waals surface area contributed by atoms with Crippen molar-refractivity contribution >= 4 is 20.9 Å². The molecule has 8 aromatic carbocycles. The van der Waals surface area contributed by atoms with Gasteiger partial charge < -0.3 is 5.11 Å². The molecule has 0 heterocycles. The summed E-state index contributed by atoms with van der Waals surface area (Å²) in [4.78, 5) is 0. The second-order valence-electron chi connectivity index (χ2n) is 15.0. The molecule has 0 fully saturated rings. The molecule has 11 rings (SSSR count). The largest absolute Gasteiger partial charge is 0.522 e. The standard InChI is InChI=1S/C49H32O.CHF3O3S/c50-47-24-23-38(37-17-7-8-18-39(37)47)46-28-44-34-16-6-3-13-31(34)27-45(44)48(40-21-9-19-35-32-14-4-1-11-29(32)25-42(35)40)49(46)41-22-10-20-36-33-15-5-2-12-30(33)26-43(36)41;2-1(3,4)8(5,6)7/h1-24,28,50H,25-27H2;(H,5,6,7). The van der Waals surface area contributed by atoms with Gasteiger partial charge in [-0.1, -0.05) is 140 Å². The first-order chi connectivity index (χ1) is 28.0. The van der Waals surface area contributed by atoms with Crippen LogP contribution in [0.2, 0.25) is 0 Å². The molecule has 0 amide bonds. The van der Waals surface area contributed by atoms with Crippen LogP contribution < -0.4 is 0 Å².